The van der Waals surface area contributed by atoms with Gasteiger partial charge in [-0.3, -0.25) is 0 Å². The van der Waals surface area contributed by atoms with Crippen LogP contribution in [-0.4, -0.2) is 15.0 Å². The van der Waals surface area contributed by atoms with Gasteiger partial charge in [0.25, 0.3) is 0 Å². The van der Waals surface area contributed by atoms with Crippen LogP contribution < -0.4 is 0 Å². The second kappa shape index (κ2) is 13.9. The highest BCUT2D eigenvalue weighted by atomic mass is 15.0. The summed E-state index contributed by atoms with van der Waals surface area (Å²) in [5.41, 5.74) is 12.3. The van der Waals surface area contributed by atoms with Gasteiger partial charge in [0, 0.05) is 16.7 Å². The molecule has 0 unspecified atom stereocenters. The Balaban J connectivity index is 1.18. The maximum Gasteiger partial charge on any atom is 0.164 e. The zero-order valence-corrected chi connectivity index (χ0v) is 31.2. The Kier molecular flexibility index (Phi) is 8.26. The van der Waals surface area contributed by atoms with Gasteiger partial charge in [-0.05, 0) is 110 Å². The van der Waals surface area contributed by atoms with E-state index in [-0.39, 0.29) is 0 Å². The van der Waals surface area contributed by atoms with Gasteiger partial charge in [-0.15, -0.1) is 0 Å². The SMILES string of the molecule is Cc1cc(C)cc(-c2ccc(-c3cc(-c4nc(-c5ccc6ccccc6c5)nc(-c5ccc6ccccc6c5)n4)cc(-c4cccc5ccccc45)c3)cc2)c1. The summed E-state index contributed by atoms with van der Waals surface area (Å²) in [5, 5.41) is 7.04. The van der Waals surface area contributed by atoms with E-state index in [1.165, 1.54) is 43.8 Å². The average Bonchev–Trinajstić information content (AvgIpc) is 3.25. The highest BCUT2D eigenvalue weighted by Gasteiger charge is 2.17. The monoisotopic (exact) mass is 715 g/mol. The van der Waals surface area contributed by atoms with Crippen molar-refractivity contribution in [2.75, 3.05) is 0 Å². The maximum atomic E-state index is 5.25. The highest BCUT2D eigenvalue weighted by molar-refractivity contribution is 5.98. The van der Waals surface area contributed by atoms with E-state index in [0.717, 1.165) is 49.7 Å². The molecule has 0 saturated heterocycles. The molecule has 0 amide bonds. The lowest BCUT2D eigenvalue weighted by atomic mass is 9.92. The molecule has 10 aromatic rings. The van der Waals surface area contributed by atoms with Crippen LogP contribution in [0.1, 0.15) is 11.1 Å². The van der Waals surface area contributed by atoms with Crippen LogP contribution in [0.5, 0.6) is 0 Å². The third kappa shape index (κ3) is 6.40. The van der Waals surface area contributed by atoms with Crippen molar-refractivity contribution in [3.05, 3.63) is 199 Å². The number of aryl methyl sites for hydroxylation is 2. The number of aromatic nitrogens is 3. The topological polar surface area (TPSA) is 38.7 Å². The van der Waals surface area contributed by atoms with Gasteiger partial charge in [-0.25, -0.2) is 15.0 Å². The standard InChI is InChI=1S/C53H37N3/c1-34-26-35(2)28-45(27-34)38-18-20-39(21-19-38)46-31-47(50-17-9-15-40-12-7-8-16-49(40)50)33-48(32-46)53-55-51(43-24-22-36-10-3-5-13-41(36)29-43)54-52(56-53)44-25-23-37-11-4-6-14-42(37)30-44/h3-33H,1-2H3. The van der Waals surface area contributed by atoms with Gasteiger partial charge in [0.2, 0.25) is 0 Å². The summed E-state index contributed by atoms with van der Waals surface area (Å²) in [6, 6.07) is 67.2. The first-order valence-electron chi connectivity index (χ1n) is 19.1. The van der Waals surface area contributed by atoms with Crippen LogP contribution in [0, 0.1) is 13.8 Å². The molecular formula is C53H37N3. The van der Waals surface area contributed by atoms with Crippen LogP contribution in [0.25, 0.3) is 99.9 Å². The summed E-state index contributed by atoms with van der Waals surface area (Å²) < 4.78 is 0. The molecule has 56 heavy (non-hydrogen) atoms. The fraction of sp³-hybridized carbons (Fsp3) is 0.0377. The van der Waals surface area contributed by atoms with Gasteiger partial charge in [-0.1, -0.05) is 169 Å². The summed E-state index contributed by atoms with van der Waals surface area (Å²) in [6.45, 7) is 4.31. The van der Waals surface area contributed by atoms with Crippen LogP contribution >= 0.6 is 0 Å². The summed E-state index contributed by atoms with van der Waals surface area (Å²) in [4.78, 5) is 15.6. The molecule has 0 aliphatic heterocycles. The van der Waals surface area contributed by atoms with Crippen LogP contribution in [0.15, 0.2) is 188 Å². The largest absolute Gasteiger partial charge is 0.208 e. The van der Waals surface area contributed by atoms with Crippen molar-refractivity contribution < 1.29 is 0 Å². The van der Waals surface area contributed by atoms with Crippen molar-refractivity contribution in [1.29, 1.82) is 0 Å². The molecule has 0 bridgehead atoms. The molecule has 1 heterocycles. The summed E-state index contributed by atoms with van der Waals surface area (Å²) in [7, 11) is 0. The number of rotatable bonds is 6. The number of nitrogens with zero attached hydrogens (tertiary/aromatic N) is 3. The van der Waals surface area contributed by atoms with E-state index in [2.05, 4.69) is 202 Å². The maximum absolute atomic E-state index is 5.25. The third-order valence-corrected chi connectivity index (χ3v) is 10.7. The lowest BCUT2D eigenvalue weighted by molar-refractivity contribution is 1.08. The summed E-state index contributed by atoms with van der Waals surface area (Å²) in [6.07, 6.45) is 0. The van der Waals surface area contributed by atoms with E-state index in [4.69, 9.17) is 15.0 Å². The molecule has 3 nitrogen and oxygen atoms in total. The van der Waals surface area contributed by atoms with E-state index in [0.29, 0.717) is 17.5 Å². The fourth-order valence-corrected chi connectivity index (χ4v) is 7.97. The number of hydrogen-bond acceptors (Lipinski definition) is 3. The Bertz CT molecular complexity index is 2980. The first-order valence-corrected chi connectivity index (χ1v) is 19.1. The fourth-order valence-electron chi connectivity index (χ4n) is 7.97. The predicted octanol–water partition coefficient (Wildman–Crippen LogP) is 14.0. The van der Waals surface area contributed by atoms with Crippen LogP contribution in [0.3, 0.4) is 0 Å². The molecule has 0 aliphatic carbocycles. The average molecular weight is 716 g/mol. The smallest absolute Gasteiger partial charge is 0.164 e. The van der Waals surface area contributed by atoms with E-state index >= 15 is 0 Å². The molecule has 0 aliphatic rings. The lowest BCUT2D eigenvalue weighted by Crippen LogP contribution is -2.01. The predicted molar refractivity (Wildman–Crippen MR) is 234 cm³/mol. The Labute approximate surface area is 326 Å². The van der Waals surface area contributed by atoms with E-state index in [9.17, 15) is 0 Å². The Morgan fingerprint density at radius 1 is 0.268 bits per heavy atom. The molecule has 9 aromatic carbocycles. The quantitative estimate of drug-likeness (QED) is 0.172. The minimum atomic E-state index is 0.626. The Hall–Kier alpha value is -7.23. The van der Waals surface area contributed by atoms with Crippen molar-refractivity contribution in [1.82, 2.24) is 15.0 Å². The summed E-state index contributed by atoms with van der Waals surface area (Å²) >= 11 is 0. The van der Waals surface area contributed by atoms with Gasteiger partial charge in [0.15, 0.2) is 17.5 Å². The first-order chi connectivity index (χ1) is 27.5. The van der Waals surface area contributed by atoms with Gasteiger partial charge in [-0.2, -0.15) is 0 Å². The van der Waals surface area contributed by atoms with Gasteiger partial charge >= 0.3 is 0 Å². The second-order valence-electron chi connectivity index (χ2n) is 14.7. The molecule has 0 spiro atoms. The van der Waals surface area contributed by atoms with Gasteiger partial charge < -0.3 is 0 Å². The van der Waals surface area contributed by atoms with Crippen molar-refractivity contribution in [3.63, 3.8) is 0 Å². The molecule has 264 valence electrons. The second-order valence-corrected chi connectivity index (χ2v) is 14.7. The third-order valence-electron chi connectivity index (χ3n) is 10.7. The molecule has 1 aromatic heterocycles. The minimum absolute atomic E-state index is 0.626. The van der Waals surface area contributed by atoms with E-state index < -0.39 is 0 Å². The van der Waals surface area contributed by atoms with Crippen molar-refractivity contribution in [2.45, 2.75) is 13.8 Å². The number of benzene rings is 9. The first kappa shape index (κ1) is 33.3. The lowest BCUT2D eigenvalue weighted by Gasteiger charge is -2.14. The summed E-state index contributed by atoms with van der Waals surface area (Å²) in [5.74, 6) is 1.90. The molecule has 0 fully saturated rings. The van der Waals surface area contributed by atoms with Crippen LogP contribution in [-0.2, 0) is 0 Å². The van der Waals surface area contributed by atoms with E-state index in [1.54, 1.807) is 0 Å². The zero-order chi connectivity index (χ0) is 37.6. The highest BCUT2D eigenvalue weighted by Crippen LogP contribution is 2.37. The minimum Gasteiger partial charge on any atom is -0.208 e. The molecular weight excluding hydrogens is 679 g/mol. The Morgan fingerprint density at radius 3 is 1.29 bits per heavy atom. The van der Waals surface area contributed by atoms with Crippen molar-refractivity contribution in [2.24, 2.45) is 0 Å². The molecule has 0 radical (unpaired) electrons. The number of fused-ring (bicyclic) bond motifs is 3. The molecule has 3 heteroatoms. The van der Waals surface area contributed by atoms with E-state index in [1.807, 2.05) is 0 Å². The zero-order valence-electron chi connectivity index (χ0n) is 31.2. The molecule has 0 N–H and O–H groups in total. The van der Waals surface area contributed by atoms with Gasteiger partial charge in [0.05, 0.1) is 0 Å². The molecule has 0 saturated carbocycles. The molecule has 10 rings (SSSR count). The number of hydrogen-bond donors (Lipinski definition) is 0. The van der Waals surface area contributed by atoms with Crippen molar-refractivity contribution >= 4 is 32.3 Å². The Morgan fingerprint density at radius 2 is 0.696 bits per heavy atom. The normalized spacial score (nSPS) is 11.4. The molecule has 0 atom stereocenters. The van der Waals surface area contributed by atoms with Crippen molar-refractivity contribution in [3.8, 4) is 67.5 Å². The van der Waals surface area contributed by atoms with Gasteiger partial charge in [0.1, 0.15) is 0 Å². The van der Waals surface area contributed by atoms with Crippen LogP contribution in [0.4, 0.5) is 0 Å². The van der Waals surface area contributed by atoms with Crippen LogP contribution in [0.2, 0.25) is 0 Å².